The van der Waals surface area contributed by atoms with Gasteiger partial charge in [-0.05, 0) is 40.9 Å². The van der Waals surface area contributed by atoms with Crippen LogP contribution in [0.15, 0.2) is 28.7 Å². The molecule has 4 nitrogen and oxygen atoms in total. The molecule has 1 heterocycles. The Bertz CT molecular complexity index is 452. The monoisotopic (exact) mass is 341 g/mol. The third-order valence-electron chi connectivity index (χ3n) is 3.53. The molecule has 1 amide bonds. The number of ether oxygens (including phenoxy) is 1. The Balaban J connectivity index is 1.66. The van der Waals surface area contributed by atoms with Gasteiger partial charge in [0.1, 0.15) is 5.75 Å². The van der Waals surface area contributed by atoms with Crippen LogP contribution < -0.4 is 4.74 Å². The molecule has 0 saturated carbocycles. The minimum atomic E-state index is 0.164. The van der Waals surface area contributed by atoms with Crippen molar-refractivity contribution in [1.82, 2.24) is 4.90 Å². The normalized spacial score (nSPS) is 18.3. The van der Waals surface area contributed by atoms with E-state index in [-0.39, 0.29) is 18.4 Å². The van der Waals surface area contributed by atoms with E-state index in [2.05, 4.69) is 15.9 Å². The SMILES string of the molecule is O=C(CCCOc1ccccc1Br)N1CCC(CO)C1. The van der Waals surface area contributed by atoms with E-state index in [0.29, 0.717) is 26.0 Å². The number of para-hydroxylation sites is 1. The third-order valence-corrected chi connectivity index (χ3v) is 4.18. The van der Waals surface area contributed by atoms with Gasteiger partial charge in [0.25, 0.3) is 0 Å². The maximum absolute atomic E-state index is 12.0. The van der Waals surface area contributed by atoms with Gasteiger partial charge in [-0.3, -0.25) is 4.79 Å². The van der Waals surface area contributed by atoms with Crippen molar-refractivity contribution in [3.63, 3.8) is 0 Å². The van der Waals surface area contributed by atoms with Gasteiger partial charge in [-0.2, -0.15) is 0 Å². The Morgan fingerprint density at radius 1 is 1.45 bits per heavy atom. The number of nitrogens with zero attached hydrogens (tertiary/aromatic N) is 1. The Hall–Kier alpha value is -1.07. The Morgan fingerprint density at radius 3 is 2.95 bits per heavy atom. The van der Waals surface area contributed by atoms with Gasteiger partial charge in [0.05, 0.1) is 11.1 Å². The summed E-state index contributed by atoms with van der Waals surface area (Å²) in [6.07, 6.45) is 2.12. The molecule has 0 aliphatic carbocycles. The van der Waals surface area contributed by atoms with Gasteiger partial charge >= 0.3 is 0 Å². The van der Waals surface area contributed by atoms with E-state index in [9.17, 15) is 4.79 Å². The maximum atomic E-state index is 12.0. The first-order valence-electron chi connectivity index (χ1n) is 6.96. The average Bonchev–Trinajstić information content (AvgIpc) is 2.94. The van der Waals surface area contributed by atoms with E-state index in [1.165, 1.54) is 0 Å². The van der Waals surface area contributed by atoms with Crippen molar-refractivity contribution in [2.45, 2.75) is 19.3 Å². The summed E-state index contributed by atoms with van der Waals surface area (Å²) in [5.74, 6) is 1.23. The highest BCUT2D eigenvalue weighted by Gasteiger charge is 2.24. The molecule has 2 rings (SSSR count). The predicted molar refractivity (Wildman–Crippen MR) is 80.6 cm³/mol. The van der Waals surface area contributed by atoms with Crippen molar-refractivity contribution in [3.05, 3.63) is 28.7 Å². The van der Waals surface area contributed by atoms with Crippen LogP contribution in [0.4, 0.5) is 0 Å². The van der Waals surface area contributed by atoms with Crippen molar-refractivity contribution >= 4 is 21.8 Å². The van der Waals surface area contributed by atoms with Gasteiger partial charge in [0, 0.05) is 32.0 Å². The molecular formula is C15H20BrNO3. The molecule has 1 unspecified atom stereocenters. The summed E-state index contributed by atoms with van der Waals surface area (Å²) in [6, 6.07) is 7.69. The van der Waals surface area contributed by atoms with Crippen LogP contribution in [-0.2, 0) is 4.79 Å². The van der Waals surface area contributed by atoms with Crippen LogP contribution in [0.3, 0.4) is 0 Å². The zero-order valence-corrected chi connectivity index (χ0v) is 13.0. The highest BCUT2D eigenvalue weighted by Crippen LogP contribution is 2.24. The second-order valence-electron chi connectivity index (χ2n) is 5.06. The van der Waals surface area contributed by atoms with Crippen LogP contribution in [0.1, 0.15) is 19.3 Å². The van der Waals surface area contributed by atoms with Gasteiger partial charge in [-0.1, -0.05) is 12.1 Å². The lowest BCUT2D eigenvalue weighted by atomic mass is 10.1. The van der Waals surface area contributed by atoms with Crippen LogP contribution in [0.5, 0.6) is 5.75 Å². The van der Waals surface area contributed by atoms with E-state index in [1.54, 1.807) is 0 Å². The lowest BCUT2D eigenvalue weighted by Crippen LogP contribution is -2.29. The summed E-state index contributed by atoms with van der Waals surface area (Å²) in [5, 5.41) is 9.07. The van der Waals surface area contributed by atoms with Crippen LogP contribution >= 0.6 is 15.9 Å². The van der Waals surface area contributed by atoms with E-state index >= 15 is 0 Å². The molecule has 0 spiro atoms. The molecule has 20 heavy (non-hydrogen) atoms. The molecule has 1 saturated heterocycles. The number of rotatable bonds is 6. The van der Waals surface area contributed by atoms with Gasteiger partial charge < -0.3 is 14.7 Å². The lowest BCUT2D eigenvalue weighted by Gasteiger charge is -2.16. The number of halogens is 1. The minimum Gasteiger partial charge on any atom is -0.492 e. The first-order valence-corrected chi connectivity index (χ1v) is 7.76. The Labute approximate surface area is 127 Å². The maximum Gasteiger partial charge on any atom is 0.222 e. The number of benzene rings is 1. The number of aliphatic hydroxyl groups is 1. The molecule has 1 aromatic rings. The summed E-state index contributed by atoms with van der Waals surface area (Å²) in [7, 11) is 0. The van der Waals surface area contributed by atoms with Crippen molar-refractivity contribution in [2.24, 2.45) is 5.92 Å². The second-order valence-corrected chi connectivity index (χ2v) is 5.91. The molecular weight excluding hydrogens is 322 g/mol. The molecule has 110 valence electrons. The number of amides is 1. The van der Waals surface area contributed by atoms with Gasteiger partial charge in [0.15, 0.2) is 0 Å². The van der Waals surface area contributed by atoms with Crippen LogP contribution in [0.25, 0.3) is 0 Å². The summed E-state index contributed by atoms with van der Waals surface area (Å²) < 4.78 is 6.56. The quantitative estimate of drug-likeness (QED) is 0.808. The lowest BCUT2D eigenvalue weighted by molar-refractivity contribution is -0.130. The number of carbonyl (C=O) groups excluding carboxylic acids is 1. The van der Waals surface area contributed by atoms with E-state index in [4.69, 9.17) is 9.84 Å². The molecule has 5 heteroatoms. The summed E-state index contributed by atoms with van der Waals surface area (Å²) in [6.45, 7) is 2.18. The fourth-order valence-electron chi connectivity index (χ4n) is 2.33. The standard InChI is InChI=1S/C15H20BrNO3/c16-13-4-1-2-5-14(13)20-9-3-6-15(19)17-8-7-12(10-17)11-18/h1-2,4-5,12,18H,3,6-11H2. The van der Waals surface area contributed by atoms with Gasteiger partial charge in [-0.15, -0.1) is 0 Å². The number of aliphatic hydroxyl groups excluding tert-OH is 1. The zero-order valence-electron chi connectivity index (χ0n) is 11.4. The molecule has 1 aliphatic rings. The molecule has 1 N–H and O–H groups in total. The Morgan fingerprint density at radius 2 is 2.25 bits per heavy atom. The minimum absolute atomic E-state index is 0.164. The van der Waals surface area contributed by atoms with Crippen LogP contribution in [0, 0.1) is 5.92 Å². The molecule has 1 aliphatic heterocycles. The van der Waals surface area contributed by atoms with Crippen molar-refractivity contribution in [2.75, 3.05) is 26.3 Å². The van der Waals surface area contributed by atoms with Crippen molar-refractivity contribution in [1.29, 1.82) is 0 Å². The highest BCUT2D eigenvalue weighted by molar-refractivity contribution is 9.10. The number of hydrogen-bond acceptors (Lipinski definition) is 3. The van der Waals surface area contributed by atoms with E-state index in [0.717, 1.165) is 23.2 Å². The largest absolute Gasteiger partial charge is 0.492 e. The number of likely N-dealkylation sites (tertiary alicyclic amines) is 1. The molecule has 0 aromatic heterocycles. The summed E-state index contributed by atoms with van der Waals surface area (Å²) in [4.78, 5) is 13.8. The van der Waals surface area contributed by atoms with Crippen molar-refractivity contribution in [3.8, 4) is 5.75 Å². The molecule has 1 aromatic carbocycles. The molecule has 0 radical (unpaired) electrons. The van der Waals surface area contributed by atoms with Crippen molar-refractivity contribution < 1.29 is 14.6 Å². The smallest absolute Gasteiger partial charge is 0.222 e. The van der Waals surface area contributed by atoms with E-state index in [1.807, 2.05) is 29.2 Å². The fraction of sp³-hybridized carbons (Fsp3) is 0.533. The summed E-state index contributed by atoms with van der Waals surface area (Å²) in [5.41, 5.74) is 0. The first kappa shape index (κ1) is 15.3. The topological polar surface area (TPSA) is 49.8 Å². The first-order chi connectivity index (χ1) is 9.70. The Kier molecular flexibility index (Phi) is 5.86. The third kappa shape index (κ3) is 4.21. The summed E-state index contributed by atoms with van der Waals surface area (Å²) >= 11 is 3.42. The number of hydrogen-bond donors (Lipinski definition) is 1. The molecule has 0 bridgehead atoms. The fourth-order valence-corrected chi connectivity index (χ4v) is 2.73. The van der Waals surface area contributed by atoms with Gasteiger partial charge in [-0.25, -0.2) is 0 Å². The predicted octanol–water partition coefficient (Wildman–Crippen LogP) is 2.45. The second kappa shape index (κ2) is 7.64. The average molecular weight is 342 g/mol. The highest BCUT2D eigenvalue weighted by atomic mass is 79.9. The van der Waals surface area contributed by atoms with E-state index < -0.39 is 0 Å². The molecule has 1 atom stereocenters. The van der Waals surface area contributed by atoms with Gasteiger partial charge in [0.2, 0.25) is 5.91 Å². The zero-order chi connectivity index (χ0) is 14.4. The van der Waals surface area contributed by atoms with Crippen LogP contribution in [0.2, 0.25) is 0 Å². The molecule has 1 fully saturated rings. The van der Waals surface area contributed by atoms with Crippen LogP contribution in [-0.4, -0.2) is 42.2 Å². The number of carbonyl (C=O) groups is 1.